The lowest BCUT2D eigenvalue weighted by Gasteiger charge is -2.50. The normalized spacial score (nSPS) is 28.1. The van der Waals surface area contributed by atoms with Crippen LogP contribution in [-0.4, -0.2) is 36.1 Å². The summed E-state index contributed by atoms with van der Waals surface area (Å²) in [5.41, 5.74) is 1.59. The maximum Gasteiger partial charge on any atom is 0.141 e. The molecule has 144 valence electrons. The summed E-state index contributed by atoms with van der Waals surface area (Å²) in [5.74, 6) is 2.18. The molecule has 0 aliphatic carbocycles. The second-order valence-electron chi connectivity index (χ2n) is 7.20. The number of rotatable bonds is 4. The molecule has 4 heterocycles. The smallest absolute Gasteiger partial charge is 0.141 e. The molecule has 1 aromatic heterocycles. The topological polar surface area (TPSA) is 25.4 Å². The molecule has 5 rings (SSSR count). The van der Waals surface area contributed by atoms with Gasteiger partial charge in [0.1, 0.15) is 11.9 Å². The molecule has 5 atom stereocenters. The SMILES string of the molecule is CC[C@H]1CN2CC[C@H]1C[C@@H]2[C@H](F)c1ccnc2ccc(OC)cc12.Cl.Cl. The van der Waals surface area contributed by atoms with Gasteiger partial charge in [0.15, 0.2) is 0 Å². The molecule has 0 amide bonds. The first-order valence-electron chi connectivity index (χ1n) is 9.02. The lowest BCUT2D eigenvalue weighted by atomic mass is 9.73. The number of benzene rings is 1. The van der Waals surface area contributed by atoms with Gasteiger partial charge < -0.3 is 4.74 Å². The summed E-state index contributed by atoms with van der Waals surface area (Å²) in [6, 6.07) is 7.54. The molecule has 3 nitrogen and oxygen atoms in total. The van der Waals surface area contributed by atoms with E-state index in [9.17, 15) is 0 Å². The summed E-state index contributed by atoms with van der Waals surface area (Å²) in [5, 5.41) is 0.874. The van der Waals surface area contributed by atoms with Crippen molar-refractivity contribution in [2.24, 2.45) is 11.8 Å². The second-order valence-corrected chi connectivity index (χ2v) is 7.20. The van der Waals surface area contributed by atoms with Crippen LogP contribution in [-0.2, 0) is 0 Å². The molecule has 6 heteroatoms. The zero-order valence-corrected chi connectivity index (χ0v) is 16.9. The van der Waals surface area contributed by atoms with E-state index in [1.807, 2.05) is 24.3 Å². The Balaban J connectivity index is 0.00000121. The number of alkyl halides is 1. The van der Waals surface area contributed by atoms with E-state index in [2.05, 4.69) is 16.8 Å². The van der Waals surface area contributed by atoms with Crippen molar-refractivity contribution < 1.29 is 9.13 Å². The molecular weight excluding hydrogens is 374 g/mol. The third kappa shape index (κ3) is 3.64. The van der Waals surface area contributed by atoms with Crippen molar-refractivity contribution in [1.82, 2.24) is 9.88 Å². The van der Waals surface area contributed by atoms with Crippen LogP contribution in [0.25, 0.3) is 10.9 Å². The Morgan fingerprint density at radius 1 is 1.31 bits per heavy atom. The highest BCUT2D eigenvalue weighted by Crippen LogP contribution is 2.44. The molecule has 3 aliphatic rings. The highest BCUT2D eigenvalue weighted by molar-refractivity contribution is 5.85. The van der Waals surface area contributed by atoms with Crippen molar-refractivity contribution in [2.45, 2.75) is 38.4 Å². The van der Waals surface area contributed by atoms with Gasteiger partial charge in [-0.2, -0.15) is 0 Å². The molecule has 26 heavy (non-hydrogen) atoms. The standard InChI is InChI=1S/C20H25FN2O.2ClH/c1-3-13-12-23-9-7-14(13)10-19(23)20(21)16-6-8-22-18-5-4-15(24-2)11-17(16)18;;/h4-6,8,11,13-14,19-20H,3,7,9-10,12H2,1-2H3;2*1H/t13-,14-,19+,20+;;/m0../s1. The van der Waals surface area contributed by atoms with Gasteiger partial charge >= 0.3 is 0 Å². The predicted molar refractivity (Wildman–Crippen MR) is 109 cm³/mol. The molecule has 0 saturated carbocycles. The Kier molecular flexibility index (Phi) is 7.12. The summed E-state index contributed by atoms with van der Waals surface area (Å²) in [4.78, 5) is 6.76. The highest BCUT2D eigenvalue weighted by Gasteiger charge is 2.43. The van der Waals surface area contributed by atoms with Crippen LogP contribution in [0.15, 0.2) is 30.5 Å². The molecule has 3 fully saturated rings. The largest absolute Gasteiger partial charge is 0.497 e. The minimum Gasteiger partial charge on any atom is -0.497 e. The summed E-state index contributed by atoms with van der Waals surface area (Å²) < 4.78 is 20.9. The van der Waals surface area contributed by atoms with E-state index >= 15 is 4.39 Å². The maximum absolute atomic E-state index is 15.6. The highest BCUT2D eigenvalue weighted by atomic mass is 35.5. The van der Waals surface area contributed by atoms with E-state index in [1.54, 1.807) is 13.3 Å². The summed E-state index contributed by atoms with van der Waals surface area (Å²) in [7, 11) is 1.64. The van der Waals surface area contributed by atoms with Gasteiger partial charge in [-0.25, -0.2) is 4.39 Å². The molecule has 0 spiro atoms. The Labute approximate surface area is 167 Å². The van der Waals surface area contributed by atoms with E-state index in [-0.39, 0.29) is 30.9 Å². The first-order chi connectivity index (χ1) is 11.7. The van der Waals surface area contributed by atoms with Crippen LogP contribution in [0.2, 0.25) is 0 Å². The fourth-order valence-electron chi connectivity index (χ4n) is 4.67. The van der Waals surface area contributed by atoms with Gasteiger partial charge in [0.2, 0.25) is 0 Å². The fourth-order valence-corrected chi connectivity index (χ4v) is 4.67. The molecule has 0 N–H and O–H groups in total. The monoisotopic (exact) mass is 400 g/mol. The molecule has 2 aromatic rings. The molecule has 1 aromatic carbocycles. The number of methoxy groups -OCH3 is 1. The number of pyridine rings is 1. The number of halogens is 3. The van der Waals surface area contributed by atoms with Crippen molar-refractivity contribution in [3.05, 3.63) is 36.0 Å². The Morgan fingerprint density at radius 2 is 2.12 bits per heavy atom. The molecule has 3 saturated heterocycles. The number of nitrogens with zero attached hydrogens (tertiary/aromatic N) is 2. The number of fused-ring (bicyclic) bond motifs is 4. The lowest BCUT2D eigenvalue weighted by Crippen LogP contribution is -2.54. The van der Waals surface area contributed by atoms with E-state index < -0.39 is 6.17 Å². The van der Waals surface area contributed by atoms with Crippen LogP contribution in [0.1, 0.15) is 37.9 Å². The van der Waals surface area contributed by atoms with Gasteiger partial charge in [0, 0.05) is 24.2 Å². The first kappa shape index (κ1) is 21.2. The van der Waals surface area contributed by atoms with Gasteiger partial charge in [-0.05, 0) is 61.1 Å². The predicted octanol–water partition coefficient (Wildman–Crippen LogP) is 5.22. The number of hydrogen-bond acceptors (Lipinski definition) is 3. The van der Waals surface area contributed by atoms with Crippen molar-refractivity contribution >= 4 is 35.7 Å². The summed E-state index contributed by atoms with van der Waals surface area (Å²) in [6.45, 7) is 4.36. The van der Waals surface area contributed by atoms with Crippen LogP contribution >= 0.6 is 24.8 Å². The van der Waals surface area contributed by atoms with E-state index in [4.69, 9.17) is 4.74 Å². The number of ether oxygens (including phenoxy) is 1. The Bertz CT molecular complexity index is 745. The zero-order chi connectivity index (χ0) is 16.7. The van der Waals surface area contributed by atoms with Crippen LogP contribution in [0.4, 0.5) is 4.39 Å². The van der Waals surface area contributed by atoms with E-state index in [1.165, 1.54) is 12.8 Å². The van der Waals surface area contributed by atoms with Crippen LogP contribution < -0.4 is 4.74 Å². The average Bonchev–Trinajstić information content (AvgIpc) is 2.66. The van der Waals surface area contributed by atoms with Gasteiger partial charge in [-0.15, -0.1) is 24.8 Å². The van der Waals surface area contributed by atoms with Crippen LogP contribution in [0.3, 0.4) is 0 Å². The summed E-state index contributed by atoms with van der Waals surface area (Å²) >= 11 is 0. The van der Waals surface area contributed by atoms with Crippen LogP contribution in [0, 0.1) is 11.8 Å². The van der Waals surface area contributed by atoms with Gasteiger partial charge in [0.25, 0.3) is 0 Å². The quantitative estimate of drug-likeness (QED) is 0.703. The summed E-state index contributed by atoms with van der Waals surface area (Å²) in [6.07, 6.45) is 4.17. The Morgan fingerprint density at radius 3 is 2.77 bits per heavy atom. The van der Waals surface area contributed by atoms with E-state index in [0.717, 1.165) is 47.6 Å². The number of hydrogen-bond donors (Lipinski definition) is 0. The Hall–Kier alpha value is -1.10. The van der Waals surface area contributed by atoms with Gasteiger partial charge in [-0.1, -0.05) is 13.3 Å². The van der Waals surface area contributed by atoms with Gasteiger partial charge in [0.05, 0.1) is 12.6 Å². The third-order valence-electron chi connectivity index (χ3n) is 6.08. The first-order valence-corrected chi connectivity index (χ1v) is 9.02. The van der Waals surface area contributed by atoms with Gasteiger partial charge in [-0.3, -0.25) is 9.88 Å². The minimum absolute atomic E-state index is 0. The lowest BCUT2D eigenvalue weighted by molar-refractivity contribution is -0.0332. The third-order valence-corrected chi connectivity index (χ3v) is 6.08. The molecular formula is C20H27Cl2FN2O. The van der Waals surface area contributed by atoms with Crippen molar-refractivity contribution in [3.63, 3.8) is 0 Å². The second kappa shape index (κ2) is 8.73. The molecule has 3 aliphatic heterocycles. The fraction of sp³-hybridized carbons (Fsp3) is 0.550. The minimum atomic E-state index is -0.969. The van der Waals surface area contributed by atoms with Crippen LogP contribution in [0.5, 0.6) is 5.75 Å². The van der Waals surface area contributed by atoms with Crippen molar-refractivity contribution in [1.29, 1.82) is 0 Å². The molecule has 0 radical (unpaired) electrons. The van der Waals surface area contributed by atoms with Crippen molar-refractivity contribution in [2.75, 3.05) is 20.2 Å². The average molecular weight is 401 g/mol. The maximum atomic E-state index is 15.6. The zero-order valence-electron chi connectivity index (χ0n) is 15.2. The number of aromatic nitrogens is 1. The van der Waals surface area contributed by atoms with Crippen molar-refractivity contribution in [3.8, 4) is 5.75 Å². The molecule has 1 unspecified atom stereocenters. The number of piperidine rings is 3. The van der Waals surface area contributed by atoms with E-state index in [0.29, 0.717) is 5.92 Å². The molecule has 2 bridgehead atoms.